The summed E-state index contributed by atoms with van der Waals surface area (Å²) in [7, 11) is 0. The zero-order valence-corrected chi connectivity index (χ0v) is 29.9. The second-order valence-electron chi connectivity index (χ2n) is 14.1. The third kappa shape index (κ3) is 5.05. The van der Waals surface area contributed by atoms with Gasteiger partial charge >= 0.3 is 0 Å². The second kappa shape index (κ2) is 12.6. The first-order valence-electron chi connectivity index (χ1n) is 18.8. The summed E-state index contributed by atoms with van der Waals surface area (Å²) in [6, 6.07) is 74.0. The van der Waals surface area contributed by atoms with Crippen molar-refractivity contribution in [3.63, 3.8) is 0 Å². The fourth-order valence-electron chi connectivity index (χ4n) is 8.55. The molecule has 0 N–H and O–H groups in total. The summed E-state index contributed by atoms with van der Waals surface area (Å²) in [6.07, 6.45) is 0. The number of aromatic nitrogens is 1. The van der Waals surface area contributed by atoms with Crippen LogP contribution in [0.5, 0.6) is 0 Å². The van der Waals surface area contributed by atoms with E-state index in [4.69, 9.17) is 4.42 Å². The highest BCUT2D eigenvalue weighted by atomic mass is 16.3. The predicted octanol–water partition coefficient (Wildman–Crippen LogP) is 14.6. The van der Waals surface area contributed by atoms with Gasteiger partial charge in [-0.05, 0) is 88.1 Å². The fourth-order valence-corrected chi connectivity index (χ4v) is 8.55. The van der Waals surface area contributed by atoms with Crippen LogP contribution in [0, 0.1) is 0 Å². The Labute approximate surface area is 318 Å². The van der Waals surface area contributed by atoms with E-state index in [0.717, 1.165) is 61.3 Å². The number of rotatable bonds is 6. The molecule has 0 bridgehead atoms. The van der Waals surface area contributed by atoms with E-state index in [0.29, 0.717) is 0 Å². The Kier molecular flexibility index (Phi) is 7.17. The lowest BCUT2D eigenvalue weighted by atomic mass is 9.94. The smallest absolute Gasteiger partial charge is 0.137 e. The van der Waals surface area contributed by atoms with Gasteiger partial charge in [0.15, 0.2) is 0 Å². The maximum absolute atomic E-state index is 6.48. The van der Waals surface area contributed by atoms with Crippen molar-refractivity contribution in [2.45, 2.75) is 0 Å². The van der Waals surface area contributed by atoms with Crippen molar-refractivity contribution >= 4 is 71.6 Å². The van der Waals surface area contributed by atoms with Crippen LogP contribution >= 0.6 is 0 Å². The lowest BCUT2D eigenvalue weighted by molar-refractivity contribution is 0.669. The van der Waals surface area contributed by atoms with E-state index in [9.17, 15) is 0 Å². The van der Waals surface area contributed by atoms with Crippen molar-refractivity contribution in [1.82, 2.24) is 4.57 Å². The Bertz CT molecular complexity index is 3200. The molecule has 0 amide bonds. The largest absolute Gasteiger partial charge is 0.456 e. The Morgan fingerprint density at radius 1 is 0.382 bits per heavy atom. The van der Waals surface area contributed by atoms with Gasteiger partial charge in [-0.3, -0.25) is 0 Å². The van der Waals surface area contributed by atoms with Gasteiger partial charge in [-0.2, -0.15) is 0 Å². The molecule has 0 fully saturated rings. The zero-order chi connectivity index (χ0) is 36.3. The van der Waals surface area contributed by atoms with Crippen molar-refractivity contribution in [1.29, 1.82) is 0 Å². The van der Waals surface area contributed by atoms with Gasteiger partial charge in [0, 0.05) is 50.2 Å². The molecule has 11 rings (SSSR count). The third-order valence-electron chi connectivity index (χ3n) is 11.0. The highest BCUT2D eigenvalue weighted by molar-refractivity contribution is 6.19. The van der Waals surface area contributed by atoms with Gasteiger partial charge in [-0.15, -0.1) is 0 Å². The number of fused-ring (bicyclic) bond motifs is 7. The van der Waals surface area contributed by atoms with Crippen LogP contribution < -0.4 is 4.90 Å². The van der Waals surface area contributed by atoms with Gasteiger partial charge in [0.2, 0.25) is 0 Å². The van der Waals surface area contributed by atoms with Gasteiger partial charge in [0.25, 0.3) is 0 Å². The van der Waals surface area contributed by atoms with Gasteiger partial charge in [-0.25, -0.2) is 0 Å². The maximum Gasteiger partial charge on any atom is 0.137 e. The monoisotopic (exact) mass is 702 g/mol. The van der Waals surface area contributed by atoms with Crippen LogP contribution in [0.1, 0.15) is 0 Å². The number of nitrogens with zero attached hydrogens (tertiary/aromatic N) is 2. The van der Waals surface area contributed by atoms with Crippen molar-refractivity contribution < 1.29 is 4.42 Å². The molecule has 0 atom stereocenters. The van der Waals surface area contributed by atoms with Crippen molar-refractivity contribution in [2.75, 3.05) is 4.90 Å². The minimum Gasteiger partial charge on any atom is -0.456 e. The van der Waals surface area contributed by atoms with E-state index in [-0.39, 0.29) is 0 Å². The van der Waals surface area contributed by atoms with E-state index in [1.807, 2.05) is 12.1 Å². The lowest BCUT2D eigenvalue weighted by Crippen LogP contribution is -2.11. The van der Waals surface area contributed by atoms with Crippen LogP contribution in [0.15, 0.2) is 211 Å². The standard InChI is InChI=1S/C52H34N2O/c1-3-15-36(16-4-1)41-22-9-11-26-47(41)53(39-29-31-44-43-23-10-12-28-50(43)55-51(44)34-39)38-30-32-48-46(33-38)52-45(42-24-13-18-35-17-7-8-21-40(35)42)25-14-27-49(52)54(48)37-19-5-2-6-20-37/h1-34H. The van der Waals surface area contributed by atoms with E-state index in [2.05, 4.69) is 204 Å². The van der Waals surface area contributed by atoms with Gasteiger partial charge < -0.3 is 13.9 Å². The summed E-state index contributed by atoms with van der Waals surface area (Å²) in [5.41, 5.74) is 13.1. The molecule has 0 saturated heterocycles. The molecule has 2 heterocycles. The van der Waals surface area contributed by atoms with Crippen LogP contribution in [-0.4, -0.2) is 4.57 Å². The van der Waals surface area contributed by atoms with Gasteiger partial charge in [0.05, 0.1) is 16.7 Å². The molecule has 11 aromatic rings. The molecule has 9 aromatic carbocycles. The zero-order valence-electron chi connectivity index (χ0n) is 29.9. The molecule has 0 aliphatic carbocycles. The fraction of sp³-hybridized carbons (Fsp3) is 0. The minimum atomic E-state index is 0.862. The molecule has 0 radical (unpaired) electrons. The van der Waals surface area contributed by atoms with Gasteiger partial charge in [0.1, 0.15) is 11.2 Å². The summed E-state index contributed by atoms with van der Waals surface area (Å²) in [4.78, 5) is 2.39. The molecule has 258 valence electrons. The first-order chi connectivity index (χ1) is 27.3. The van der Waals surface area contributed by atoms with E-state index < -0.39 is 0 Å². The van der Waals surface area contributed by atoms with Crippen LogP contribution in [0.25, 0.3) is 82.5 Å². The molecule has 0 spiro atoms. The summed E-state index contributed by atoms with van der Waals surface area (Å²) >= 11 is 0. The molecule has 3 nitrogen and oxygen atoms in total. The molecule has 0 saturated carbocycles. The van der Waals surface area contributed by atoms with Crippen LogP contribution in [-0.2, 0) is 0 Å². The summed E-state index contributed by atoms with van der Waals surface area (Å²) < 4.78 is 8.89. The molecule has 0 aliphatic rings. The number of hydrogen-bond acceptors (Lipinski definition) is 2. The Morgan fingerprint density at radius 2 is 1.02 bits per heavy atom. The van der Waals surface area contributed by atoms with Crippen LogP contribution in [0.2, 0.25) is 0 Å². The SMILES string of the molecule is c1ccc(-c2ccccc2N(c2ccc3c(c2)oc2ccccc23)c2ccc3c(c2)c2c(-c4cccc5ccccc45)cccc2n3-c2ccccc2)cc1. The predicted molar refractivity (Wildman–Crippen MR) is 231 cm³/mol. The van der Waals surface area contributed by atoms with E-state index in [1.54, 1.807) is 0 Å². The molecular weight excluding hydrogens is 669 g/mol. The number of anilines is 3. The molecule has 2 aromatic heterocycles. The number of para-hydroxylation sites is 3. The molecule has 0 aliphatic heterocycles. The Morgan fingerprint density at radius 3 is 1.91 bits per heavy atom. The number of furan rings is 1. The Balaban J connectivity index is 1.22. The number of benzene rings is 9. The number of hydrogen-bond donors (Lipinski definition) is 0. The molecular formula is C52H34N2O. The Hall–Kier alpha value is -7.36. The van der Waals surface area contributed by atoms with Gasteiger partial charge in [-0.1, -0.05) is 140 Å². The average molecular weight is 703 g/mol. The lowest BCUT2D eigenvalue weighted by Gasteiger charge is -2.28. The minimum absolute atomic E-state index is 0.862. The summed E-state index contributed by atoms with van der Waals surface area (Å²) in [5, 5.41) is 7.12. The van der Waals surface area contributed by atoms with Crippen molar-refractivity contribution in [2.24, 2.45) is 0 Å². The highest BCUT2D eigenvalue weighted by Gasteiger charge is 2.22. The summed E-state index contributed by atoms with van der Waals surface area (Å²) in [6.45, 7) is 0. The average Bonchev–Trinajstić information content (AvgIpc) is 3.80. The normalized spacial score (nSPS) is 11.6. The summed E-state index contributed by atoms with van der Waals surface area (Å²) in [5.74, 6) is 0. The third-order valence-corrected chi connectivity index (χ3v) is 11.0. The van der Waals surface area contributed by atoms with Crippen LogP contribution in [0.3, 0.4) is 0 Å². The maximum atomic E-state index is 6.48. The van der Waals surface area contributed by atoms with Crippen molar-refractivity contribution in [3.8, 4) is 27.9 Å². The molecule has 55 heavy (non-hydrogen) atoms. The second-order valence-corrected chi connectivity index (χ2v) is 14.1. The van der Waals surface area contributed by atoms with E-state index in [1.165, 1.54) is 38.2 Å². The first kappa shape index (κ1) is 31.2. The molecule has 0 unspecified atom stereocenters. The quantitative estimate of drug-likeness (QED) is 0.172. The van der Waals surface area contributed by atoms with Crippen LogP contribution in [0.4, 0.5) is 17.1 Å². The first-order valence-corrected chi connectivity index (χ1v) is 18.8. The van der Waals surface area contributed by atoms with Crippen molar-refractivity contribution in [3.05, 3.63) is 206 Å². The van der Waals surface area contributed by atoms with E-state index >= 15 is 0 Å². The topological polar surface area (TPSA) is 21.3 Å². The molecule has 3 heteroatoms. The highest BCUT2D eigenvalue weighted by Crippen LogP contribution is 2.46.